The molecule has 7 nitrogen and oxygen atoms in total. The van der Waals surface area contributed by atoms with E-state index in [1.165, 1.54) is 4.31 Å². The van der Waals surface area contributed by atoms with E-state index in [-0.39, 0.29) is 30.0 Å². The molecular weight excluding hydrogens is 366 g/mol. The van der Waals surface area contributed by atoms with E-state index in [1.807, 2.05) is 12.1 Å². The summed E-state index contributed by atoms with van der Waals surface area (Å²) in [6.07, 6.45) is 0.750. The van der Waals surface area contributed by atoms with Gasteiger partial charge in [-0.05, 0) is 42.3 Å². The predicted octanol–water partition coefficient (Wildman–Crippen LogP) is 2.04. The summed E-state index contributed by atoms with van der Waals surface area (Å²) in [5, 5.41) is 5.61. The van der Waals surface area contributed by atoms with Crippen molar-refractivity contribution < 1.29 is 18.0 Å². The number of sulfonamides is 1. The number of hydrogen-bond donors (Lipinski definition) is 2. The Balaban J connectivity index is 1.41. The molecule has 1 atom stereocenters. The highest BCUT2D eigenvalue weighted by molar-refractivity contribution is 7.93. The average molecular weight is 385 g/mol. The maximum atomic E-state index is 12.4. The van der Waals surface area contributed by atoms with E-state index in [0.717, 1.165) is 5.56 Å². The van der Waals surface area contributed by atoms with Crippen molar-refractivity contribution in [1.29, 1.82) is 0 Å². The maximum absolute atomic E-state index is 12.4. The van der Waals surface area contributed by atoms with Gasteiger partial charge in [0, 0.05) is 17.8 Å². The molecule has 1 saturated heterocycles. The summed E-state index contributed by atoms with van der Waals surface area (Å²) < 4.78 is 25.3. The number of anilines is 2. The number of carbonyl (C=O) groups excluding carboxylic acids is 2. The van der Waals surface area contributed by atoms with Gasteiger partial charge in [-0.15, -0.1) is 0 Å². The predicted molar refractivity (Wildman–Crippen MR) is 102 cm³/mol. The van der Waals surface area contributed by atoms with Crippen LogP contribution in [0, 0.1) is 0 Å². The molecular formula is C19H19N3O4S. The topological polar surface area (TPSA) is 95.6 Å². The third-order valence-corrected chi connectivity index (χ3v) is 6.68. The van der Waals surface area contributed by atoms with Crippen LogP contribution in [-0.4, -0.2) is 32.5 Å². The second kappa shape index (κ2) is 6.70. The fraction of sp³-hybridized carbons (Fsp3) is 0.263. The molecule has 1 unspecified atom stereocenters. The van der Waals surface area contributed by atoms with E-state index in [9.17, 15) is 18.0 Å². The van der Waals surface area contributed by atoms with Gasteiger partial charge in [0.1, 0.15) is 0 Å². The zero-order valence-electron chi connectivity index (χ0n) is 14.5. The first-order chi connectivity index (χ1) is 12.9. The van der Waals surface area contributed by atoms with Crippen LogP contribution in [0.25, 0.3) is 0 Å². The van der Waals surface area contributed by atoms with Gasteiger partial charge in [-0.1, -0.05) is 18.2 Å². The minimum Gasteiger partial charge on any atom is -0.345 e. The van der Waals surface area contributed by atoms with Crippen molar-refractivity contribution in [3.8, 4) is 0 Å². The monoisotopic (exact) mass is 385 g/mol. The molecule has 8 heteroatoms. The Hall–Kier alpha value is -2.87. The molecule has 2 amide bonds. The molecule has 0 spiro atoms. The second-order valence-corrected chi connectivity index (χ2v) is 8.67. The van der Waals surface area contributed by atoms with Crippen molar-refractivity contribution in [2.45, 2.75) is 18.9 Å². The lowest BCUT2D eigenvalue weighted by Crippen LogP contribution is -2.25. The molecule has 0 bridgehead atoms. The molecule has 0 aliphatic carbocycles. The lowest BCUT2D eigenvalue weighted by atomic mass is 10.0. The van der Waals surface area contributed by atoms with Gasteiger partial charge >= 0.3 is 0 Å². The van der Waals surface area contributed by atoms with Gasteiger partial charge in [-0.25, -0.2) is 8.42 Å². The summed E-state index contributed by atoms with van der Waals surface area (Å²) in [7, 11) is -3.22. The number of carbonyl (C=O) groups is 2. The van der Waals surface area contributed by atoms with E-state index >= 15 is 0 Å². The van der Waals surface area contributed by atoms with Gasteiger partial charge in [0.2, 0.25) is 15.9 Å². The molecule has 4 rings (SSSR count). The van der Waals surface area contributed by atoms with Gasteiger partial charge in [-0.3, -0.25) is 13.9 Å². The number of fused-ring (bicyclic) bond motifs is 1. The quantitative estimate of drug-likeness (QED) is 0.842. The Morgan fingerprint density at radius 2 is 1.89 bits per heavy atom. The summed E-state index contributed by atoms with van der Waals surface area (Å²) in [5.74, 6) is -0.224. The molecule has 2 N–H and O–H groups in total. The third kappa shape index (κ3) is 3.40. The van der Waals surface area contributed by atoms with E-state index in [4.69, 9.17) is 0 Å². The minimum atomic E-state index is -3.22. The lowest BCUT2D eigenvalue weighted by molar-refractivity contribution is -0.116. The van der Waals surface area contributed by atoms with Crippen molar-refractivity contribution in [3.05, 3.63) is 59.7 Å². The molecule has 0 saturated carbocycles. The number of nitrogens with one attached hydrogen (secondary N) is 2. The van der Waals surface area contributed by atoms with E-state index in [0.29, 0.717) is 29.9 Å². The van der Waals surface area contributed by atoms with Gasteiger partial charge in [0.25, 0.3) is 5.91 Å². The van der Waals surface area contributed by atoms with Gasteiger partial charge in [0.05, 0.1) is 23.9 Å². The molecule has 2 aromatic carbocycles. The fourth-order valence-electron chi connectivity index (χ4n) is 3.52. The van der Waals surface area contributed by atoms with Crippen molar-refractivity contribution in [2.75, 3.05) is 21.9 Å². The summed E-state index contributed by atoms with van der Waals surface area (Å²) >= 11 is 0. The molecule has 2 heterocycles. The largest absolute Gasteiger partial charge is 0.345 e. The first-order valence-corrected chi connectivity index (χ1v) is 10.3. The Labute approximate surface area is 157 Å². The van der Waals surface area contributed by atoms with Gasteiger partial charge in [-0.2, -0.15) is 0 Å². The zero-order valence-corrected chi connectivity index (χ0v) is 15.3. The smallest absolute Gasteiger partial charge is 0.252 e. The van der Waals surface area contributed by atoms with Crippen LogP contribution in [-0.2, 0) is 14.8 Å². The number of nitrogens with zero attached hydrogens (tertiary/aromatic N) is 1. The third-order valence-electron chi connectivity index (χ3n) is 4.81. The number of rotatable bonds is 4. The average Bonchev–Trinajstić information content (AvgIpc) is 3.15. The highest BCUT2D eigenvalue weighted by atomic mass is 32.2. The summed E-state index contributed by atoms with van der Waals surface area (Å²) in [6.45, 7) is 0.481. The Bertz CT molecular complexity index is 1000. The summed E-state index contributed by atoms with van der Waals surface area (Å²) in [6, 6.07) is 13.6. The van der Waals surface area contributed by atoms with Crippen molar-refractivity contribution in [3.63, 3.8) is 0 Å². The fourth-order valence-corrected chi connectivity index (χ4v) is 5.08. The van der Waals surface area contributed by atoms with Crippen LogP contribution in [0.15, 0.2) is 48.5 Å². The Morgan fingerprint density at radius 1 is 1.15 bits per heavy atom. The Morgan fingerprint density at radius 3 is 2.59 bits per heavy atom. The van der Waals surface area contributed by atoms with E-state index in [1.54, 1.807) is 36.4 Å². The molecule has 2 aliphatic rings. The molecule has 140 valence electrons. The van der Waals surface area contributed by atoms with Crippen LogP contribution in [0.3, 0.4) is 0 Å². The molecule has 1 fully saturated rings. The van der Waals surface area contributed by atoms with Crippen LogP contribution in [0.5, 0.6) is 0 Å². The molecule has 27 heavy (non-hydrogen) atoms. The summed E-state index contributed by atoms with van der Waals surface area (Å²) in [4.78, 5) is 24.3. The lowest BCUT2D eigenvalue weighted by Gasteiger charge is -2.17. The number of benzene rings is 2. The van der Waals surface area contributed by atoms with Crippen LogP contribution >= 0.6 is 0 Å². The molecule has 0 radical (unpaired) electrons. The Kier molecular flexibility index (Phi) is 4.35. The minimum absolute atomic E-state index is 0.130. The van der Waals surface area contributed by atoms with Crippen molar-refractivity contribution in [1.82, 2.24) is 5.32 Å². The van der Waals surface area contributed by atoms with E-state index < -0.39 is 10.0 Å². The first-order valence-electron chi connectivity index (χ1n) is 8.74. The maximum Gasteiger partial charge on any atom is 0.252 e. The van der Waals surface area contributed by atoms with E-state index in [2.05, 4.69) is 10.6 Å². The highest BCUT2D eigenvalue weighted by Gasteiger charge is 2.30. The highest BCUT2D eigenvalue weighted by Crippen LogP contribution is 2.28. The SMILES string of the molecule is O=C(CC1NC(=O)c2ccccc21)Nc1ccc(N2CCCS2(=O)=O)cc1. The standard InChI is InChI=1S/C19H19N3O4S/c23-18(12-17-15-4-1-2-5-16(15)19(24)21-17)20-13-6-8-14(9-7-13)22-10-3-11-27(22,25)26/h1-2,4-9,17H,3,10-12H2,(H,20,23)(H,21,24). The van der Waals surface area contributed by atoms with Crippen molar-refractivity contribution in [2.24, 2.45) is 0 Å². The van der Waals surface area contributed by atoms with Gasteiger partial charge < -0.3 is 10.6 Å². The van der Waals surface area contributed by atoms with Crippen LogP contribution in [0.2, 0.25) is 0 Å². The zero-order chi connectivity index (χ0) is 19.0. The number of hydrogen-bond acceptors (Lipinski definition) is 4. The molecule has 0 aromatic heterocycles. The number of amides is 2. The summed E-state index contributed by atoms with van der Waals surface area (Å²) in [5.41, 5.74) is 2.61. The van der Waals surface area contributed by atoms with Crippen LogP contribution in [0.1, 0.15) is 34.8 Å². The first kappa shape index (κ1) is 17.5. The van der Waals surface area contributed by atoms with Crippen LogP contribution in [0.4, 0.5) is 11.4 Å². The van der Waals surface area contributed by atoms with Crippen molar-refractivity contribution >= 4 is 33.2 Å². The van der Waals surface area contributed by atoms with Crippen LogP contribution < -0.4 is 14.9 Å². The second-order valence-electron chi connectivity index (χ2n) is 6.65. The normalized spacial score (nSPS) is 20.2. The molecule has 2 aromatic rings. The van der Waals surface area contributed by atoms with Gasteiger partial charge in [0.15, 0.2) is 0 Å². The molecule has 2 aliphatic heterocycles.